The number of phenols is 1. The minimum absolute atomic E-state index is 0.00859. The number of halogens is 1. The van der Waals surface area contributed by atoms with Gasteiger partial charge in [0, 0.05) is 16.7 Å². The zero-order chi connectivity index (χ0) is 18.1. The average Bonchev–Trinajstić information content (AvgIpc) is 2.57. The van der Waals surface area contributed by atoms with Gasteiger partial charge in [0.1, 0.15) is 0 Å². The number of fused-ring (bicyclic) bond motifs is 1. The molecule has 2 aromatic carbocycles. The first-order valence-electron chi connectivity index (χ1n) is 6.84. The fourth-order valence-electron chi connectivity index (χ4n) is 2.22. The van der Waals surface area contributed by atoms with Crippen LogP contribution in [-0.4, -0.2) is 25.9 Å². The Hall–Kier alpha value is -3.46. The molecule has 0 aliphatic rings. The Labute approximate surface area is 143 Å². The summed E-state index contributed by atoms with van der Waals surface area (Å²) in [5.74, 6) is -0.677. The lowest BCUT2D eigenvalue weighted by Crippen LogP contribution is -2.32. The van der Waals surface area contributed by atoms with E-state index in [1.54, 1.807) is 18.2 Å². The van der Waals surface area contributed by atoms with E-state index in [4.69, 9.17) is 11.6 Å². The number of nitrogens with zero attached hydrogens (tertiary/aromatic N) is 3. The summed E-state index contributed by atoms with van der Waals surface area (Å²) in [6.45, 7) is 0. The van der Waals surface area contributed by atoms with E-state index in [9.17, 15) is 24.8 Å². The third kappa shape index (κ3) is 3.00. The van der Waals surface area contributed by atoms with Gasteiger partial charge in [-0.1, -0.05) is 23.7 Å². The lowest BCUT2D eigenvalue weighted by molar-refractivity contribution is -0.385. The van der Waals surface area contributed by atoms with Crippen LogP contribution in [0.2, 0.25) is 5.02 Å². The van der Waals surface area contributed by atoms with Gasteiger partial charge in [0.25, 0.3) is 5.56 Å². The second kappa shape index (κ2) is 6.21. The van der Waals surface area contributed by atoms with Crippen LogP contribution in [0.25, 0.3) is 10.9 Å². The molecular formula is C15H9ClN4O5. The number of aromatic hydroxyl groups is 1. The summed E-state index contributed by atoms with van der Waals surface area (Å²) in [5.41, 5.74) is -1.85. The number of para-hydroxylation sites is 1. The Morgan fingerprint density at radius 1 is 1.28 bits per heavy atom. The highest BCUT2D eigenvalue weighted by atomic mass is 35.5. The zero-order valence-electron chi connectivity index (χ0n) is 12.3. The summed E-state index contributed by atoms with van der Waals surface area (Å²) < 4.78 is 0.550. The molecule has 25 heavy (non-hydrogen) atoms. The molecule has 0 unspecified atom stereocenters. The highest BCUT2D eigenvalue weighted by molar-refractivity contribution is 6.31. The van der Waals surface area contributed by atoms with Gasteiger partial charge in [-0.15, -0.1) is 4.68 Å². The monoisotopic (exact) mass is 360 g/mol. The van der Waals surface area contributed by atoms with Gasteiger partial charge in [-0.3, -0.25) is 14.9 Å². The maximum absolute atomic E-state index is 12.3. The number of aromatic nitrogens is 2. The summed E-state index contributed by atoms with van der Waals surface area (Å²) >= 11 is 5.77. The number of phenolic OH excluding ortho intramolecular Hbond substituents is 1. The molecule has 0 spiro atoms. The van der Waals surface area contributed by atoms with Crippen LogP contribution >= 0.6 is 11.6 Å². The summed E-state index contributed by atoms with van der Waals surface area (Å²) in [6, 6.07) is 8.56. The number of nitro groups is 1. The molecule has 3 aromatic rings. The summed E-state index contributed by atoms with van der Waals surface area (Å²) in [4.78, 5) is 36.9. The molecule has 0 aliphatic heterocycles. The highest BCUT2D eigenvalue weighted by Gasteiger charge is 2.18. The second-order valence-corrected chi connectivity index (χ2v) is 5.39. The molecule has 0 radical (unpaired) electrons. The maximum Gasteiger partial charge on any atom is 0.349 e. The molecule has 0 atom stereocenters. The first-order chi connectivity index (χ1) is 11.9. The minimum atomic E-state index is -0.812. The molecule has 10 heteroatoms. The van der Waals surface area contributed by atoms with Crippen LogP contribution in [0.1, 0.15) is 5.56 Å². The number of nitro benzene ring substituents is 1. The summed E-state index contributed by atoms with van der Waals surface area (Å²) in [7, 11) is 0. The maximum atomic E-state index is 12.3. The largest absolute Gasteiger partial charge is 0.502 e. The molecule has 0 fully saturated rings. The van der Waals surface area contributed by atoms with Gasteiger partial charge in [-0.05, 0) is 18.2 Å². The van der Waals surface area contributed by atoms with Crippen LogP contribution in [0.4, 0.5) is 5.69 Å². The van der Waals surface area contributed by atoms with E-state index in [2.05, 4.69) is 10.1 Å². The summed E-state index contributed by atoms with van der Waals surface area (Å²) in [6.07, 6.45) is 0.944. The molecule has 0 bridgehead atoms. The number of benzene rings is 2. The molecule has 0 saturated heterocycles. The smallest absolute Gasteiger partial charge is 0.349 e. The van der Waals surface area contributed by atoms with Crippen molar-refractivity contribution in [2.45, 2.75) is 0 Å². The van der Waals surface area contributed by atoms with E-state index in [1.807, 2.05) is 0 Å². The van der Waals surface area contributed by atoms with Crippen molar-refractivity contribution in [2.24, 2.45) is 5.10 Å². The van der Waals surface area contributed by atoms with E-state index < -0.39 is 27.6 Å². The zero-order valence-corrected chi connectivity index (χ0v) is 13.1. The molecule has 126 valence electrons. The van der Waals surface area contributed by atoms with Gasteiger partial charge >= 0.3 is 11.4 Å². The average molecular weight is 361 g/mol. The first-order valence-corrected chi connectivity index (χ1v) is 7.21. The van der Waals surface area contributed by atoms with Crippen LogP contribution in [-0.2, 0) is 0 Å². The Kier molecular flexibility index (Phi) is 4.07. The third-order valence-corrected chi connectivity index (χ3v) is 3.60. The Balaban J connectivity index is 2.16. The Morgan fingerprint density at radius 2 is 2.00 bits per heavy atom. The van der Waals surface area contributed by atoms with Crippen molar-refractivity contribution < 1.29 is 10.0 Å². The molecule has 9 nitrogen and oxygen atoms in total. The number of aromatic amines is 1. The van der Waals surface area contributed by atoms with Crippen LogP contribution < -0.4 is 11.2 Å². The van der Waals surface area contributed by atoms with Crippen LogP contribution in [0.15, 0.2) is 51.1 Å². The highest BCUT2D eigenvalue weighted by Crippen LogP contribution is 2.32. The van der Waals surface area contributed by atoms with E-state index >= 15 is 0 Å². The molecule has 0 saturated carbocycles. The second-order valence-electron chi connectivity index (χ2n) is 4.96. The standard InChI is InChI=1S/C15H9ClN4O5/c16-9-5-8(13(21)12(6-9)20(24)25)7-17-19-14(22)10-3-1-2-4-11(10)18-15(19)23/h1-7,21H,(H,18,23). The van der Waals surface area contributed by atoms with E-state index in [1.165, 1.54) is 12.1 Å². The van der Waals surface area contributed by atoms with Gasteiger partial charge in [-0.25, -0.2) is 4.79 Å². The van der Waals surface area contributed by atoms with Crippen LogP contribution in [0, 0.1) is 10.1 Å². The van der Waals surface area contributed by atoms with Crippen LogP contribution in [0.5, 0.6) is 5.75 Å². The van der Waals surface area contributed by atoms with Gasteiger partial charge in [0.05, 0.1) is 22.0 Å². The molecule has 2 N–H and O–H groups in total. The van der Waals surface area contributed by atoms with E-state index in [0.29, 0.717) is 10.2 Å². The SMILES string of the molecule is O=c1[nH]c2ccccc2c(=O)n1N=Cc1cc(Cl)cc([N+](=O)[O-])c1O. The lowest BCUT2D eigenvalue weighted by atomic mass is 10.2. The Morgan fingerprint density at radius 3 is 2.72 bits per heavy atom. The van der Waals surface area contributed by atoms with Crippen molar-refractivity contribution in [1.29, 1.82) is 0 Å². The van der Waals surface area contributed by atoms with Gasteiger partial charge in [-0.2, -0.15) is 5.10 Å². The van der Waals surface area contributed by atoms with Gasteiger partial charge in [0.15, 0.2) is 0 Å². The quantitative estimate of drug-likeness (QED) is 0.418. The molecule has 0 amide bonds. The first kappa shape index (κ1) is 16.4. The molecular weight excluding hydrogens is 352 g/mol. The molecule has 0 aliphatic carbocycles. The molecule has 3 rings (SSSR count). The Bertz CT molecular complexity index is 1150. The van der Waals surface area contributed by atoms with Crippen molar-refractivity contribution in [3.8, 4) is 5.75 Å². The van der Waals surface area contributed by atoms with Gasteiger partial charge < -0.3 is 10.1 Å². The van der Waals surface area contributed by atoms with Crippen molar-refractivity contribution in [1.82, 2.24) is 9.66 Å². The summed E-state index contributed by atoms with van der Waals surface area (Å²) in [5, 5.41) is 24.7. The van der Waals surface area contributed by atoms with E-state index in [-0.39, 0.29) is 16.0 Å². The van der Waals surface area contributed by atoms with Crippen molar-refractivity contribution in [2.75, 3.05) is 0 Å². The number of nitrogens with one attached hydrogen (secondary N) is 1. The molecule has 1 heterocycles. The fourth-order valence-corrected chi connectivity index (χ4v) is 2.44. The molecule has 1 aromatic heterocycles. The lowest BCUT2D eigenvalue weighted by Gasteiger charge is -2.03. The van der Waals surface area contributed by atoms with Crippen molar-refractivity contribution >= 4 is 34.4 Å². The predicted octanol–water partition coefficient (Wildman–Crippen LogP) is 1.84. The number of rotatable bonds is 3. The van der Waals surface area contributed by atoms with Crippen LogP contribution in [0.3, 0.4) is 0 Å². The normalized spacial score (nSPS) is 11.2. The number of hydrogen-bond donors (Lipinski definition) is 2. The minimum Gasteiger partial charge on any atom is -0.502 e. The van der Waals surface area contributed by atoms with Crippen molar-refractivity contribution in [3.63, 3.8) is 0 Å². The number of H-pyrrole nitrogens is 1. The topological polar surface area (TPSA) is 131 Å². The predicted molar refractivity (Wildman–Crippen MR) is 91.6 cm³/mol. The third-order valence-electron chi connectivity index (χ3n) is 3.38. The van der Waals surface area contributed by atoms with Crippen molar-refractivity contribution in [3.05, 3.63) is 77.9 Å². The van der Waals surface area contributed by atoms with E-state index in [0.717, 1.165) is 12.3 Å². The number of hydrogen-bond acceptors (Lipinski definition) is 6. The van der Waals surface area contributed by atoms with Gasteiger partial charge in [0.2, 0.25) is 5.75 Å². The fraction of sp³-hybridized carbons (Fsp3) is 0.